The second-order valence-corrected chi connectivity index (χ2v) is 5.98. The normalized spacial score (nSPS) is 10.3. The third kappa shape index (κ3) is 4.40. The second-order valence-electron chi connectivity index (χ2n) is 5.58. The van der Waals surface area contributed by atoms with E-state index in [2.05, 4.69) is 10.3 Å². The monoisotopic (exact) mass is 350 g/mol. The maximum absolute atomic E-state index is 12.6. The van der Waals surface area contributed by atoms with Crippen LogP contribution in [0.5, 0.6) is 5.75 Å². The van der Waals surface area contributed by atoms with Crippen LogP contribution in [-0.4, -0.2) is 18.7 Å². The first kappa shape index (κ1) is 17.1. The van der Waals surface area contributed by atoms with E-state index in [4.69, 9.17) is 16.3 Å². The van der Waals surface area contributed by atoms with Crippen molar-refractivity contribution in [3.05, 3.63) is 83.1 Å². The Morgan fingerprint density at radius 2 is 2.00 bits per heavy atom. The number of nitrogens with one attached hydrogen (secondary N) is 1. The number of carbonyl (C=O) groups is 1. The molecule has 0 radical (unpaired) electrons. The Bertz CT molecular complexity index is 888. The molecule has 0 bridgehead atoms. The van der Waals surface area contributed by atoms with Crippen molar-refractivity contribution in [3.8, 4) is 5.75 Å². The van der Waals surface area contributed by atoms with Gasteiger partial charge in [0, 0.05) is 16.8 Å². The quantitative estimate of drug-likeness (QED) is 0.720. The highest BCUT2D eigenvalue weighted by Crippen LogP contribution is 2.22. The van der Waals surface area contributed by atoms with Crippen molar-refractivity contribution in [2.75, 3.05) is 5.32 Å². The Labute approximate surface area is 152 Å². The van der Waals surface area contributed by atoms with Gasteiger partial charge in [-0.2, -0.15) is 0 Å². The molecule has 1 aromatic heterocycles. The van der Waals surface area contributed by atoms with Crippen LogP contribution in [0.4, 0.5) is 5.69 Å². The maximum atomic E-state index is 12.6. The van der Waals surface area contributed by atoms with E-state index in [1.165, 1.54) is 0 Å². The number of rotatable bonds is 5. The zero-order valence-electron chi connectivity index (χ0n) is 13.7. The lowest BCUT2D eigenvalue weighted by molar-refractivity contribution is 0.102. The number of ether oxygens (including phenoxy) is 1. The predicted molar refractivity (Wildman–Crippen MR) is 103 cm³/mol. The molecule has 2 aromatic carbocycles. The molecule has 3 aromatic rings. The lowest BCUT2D eigenvalue weighted by atomic mass is 9.93. The Kier molecular flexibility index (Phi) is 5.36. The second kappa shape index (κ2) is 7.86. The summed E-state index contributed by atoms with van der Waals surface area (Å²) < 4.78 is 5.86. The first-order chi connectivity index (χ1) is 12.1. The van der Waals surface area contributed by atoms with Crippen LogP contribution in [0.25, 0.3) is 0 Å². The predicted octanol–water partition coefficient (Wildman–Crippen LogP) is 2.82. The number of hydrogen-bond donors (Lipinski definition) is 1. The largest absolute Gasteiger partial charge is 0.488 e. The van der Waals surface area contributed by atoms with Gasteiger partial charge < -0.3 is 10.1 Å². The van der Waals surface area contributed by atoms with Crippen molar-refractivity contribution < 1.29 is 9.53 Å². The van der Waals surface area contributed by atoms with E-state index in [1.54, 1.807) is 36.7 Å². The van der Waals surface area contributed by atoms with Gasteiger partial charge in [0.15, 0.2) is 0 Å². The van der Waals surface area contributed by atoms with Crippen molar-refractivity contribution in [2.45, 2.75) is 6.61 Å². The minimum Gasteiger partial charge on any atom is -0.488 e. The first-order valence-electron chi connectivity index (χ1n) is 7.82. The van der Waals surface area contributed by atoms with Gasteiger partial charge in [0.2, 0.25) is 0 Å². The van der Waals surface area contributed by atoms with Gasteiger partial charge in [-0.3, -0.25) is 9.78 Å². The third-order valence-electron chi connectivity index (χ3n) is 3.64. The minimum absolute atomic E-state index is 0.245. The summed E-state index contributed by atoms with van der Waals surface area (Å²) in [5.74, 6) is 0.262. The average Bonchev–Trinajstić information content (AvgIpc) is 2.62. The molecule has 1 heterocycles. The molecule has 1 N–H and O–H groups in total. The Morgan fingerprint density at radius 1 is 1.16 bits per heavy atom. The van der Waals surface area contributed by atoms with Gasteiger partial charge in [-0.25, -0.2) is 0 Å². The van der Waals surface area contributed by atoms with Crippen LogP contribution in [0.15, 0.2) is 67.0 Å². The van der Waals surface area contributed by atoms with Gasteiger partial charge in [0.05, 0.1) is 17.4 Å². The van der Waals surface area contributed by atoms with Crippen LogP contribution < -0.4 is 15.5 Å². The molecule has 0 saturated heterocycles. The summed E-state index contributed by atoms with van der Waals surface area (Å²) in [5, 5.41) is 3.46. The molecule has 25 heavy (non-hydrogen) atoms. The number of anilines is 1. The zero-order valence-corrected chi connectivity index (χ0v) is 14.5. The van der Waals surface area contributed by atoms with Gasteiger partial charge in [-0.05, 0) is 24.3 Å². The number of halogens is 1. The number of amides is 1. The van der Waals surface area contributed by atoms with Gasteiger partial charge in [0.25, 0.3) is 5.91 Å². The summed E-state index contributed by atoms with van der Waals surface area (Å²) in [4.78, 5) is 16.6. The summed E-state index contributed by atoms with van der Waals surface area (Å²) in [7, 11) is 1.93. The molecule has 3 rings (SSSR count). The highest BCUT2D eigenvalue weighted by atomic mass is 35.5. The topological polar surface area (TPSA) is 51.2 Å². The molecule has 0 atom stereocenters. The highest BCUT2D eigenvalue weighted by Gasteiger charge is 2.14. The van der Waals surface area contributed by atoms with Crippen LogP contribution in [0.3, 0.4) is 0 Å². The SMILES string of the molecule is Bc1ccc(OCc2ccccc2Cl)c(C(=O)Nc2cccnc2)c1. The van der Waals surface area contributed by atoms with E-state index in [0.717, 1.165) is 11.0 Å². The van der Waals surface area contributed by atoms with E-state index in [0.29, 0.717) is 22.0 Å². The molecule has 0 unspecified atom stereocenters. The Hall–Kier alpha value is -2.79. The van der Waals surface area contributed by atoms with Crippen LogP contribution in [0, 0.1) is 0 Å². The molecule has 0 fully saturated rings. The molecule has 0 saturated carbocycles. The van der Waals surface area contributed by atoms with E-state index < -0.39 is 0 Å². The van der Waals surface area contributed by atoms with E-state index in [1.807, 2.05) is 38.2 Å². The number of aromatic nitrogens is 1. The number of nitrogens with zero attached hydrogens (tertiary/aromatic N) is 1. The van der Waals surface area contributed by atoms with E-state index in [9.17, 15) is 4.79 Å². The Balaban J connectivity index is 1.80. The van der Waals surface area contributed by atoms with Crippen molar-refractivity contribution >= 4 is 36.5 Å². The van der Waals surface area contributed by atoms with Crippen LogP contribution in [0.2, 0.25) is 5.02 Å². The minimum atomic E-state index is -0.245. The van der Waals surface area contributed by atoms with E-state index >= 15 is 0 Å². The summed E-state index contributed by atoms with van der Waals surface area (Å²) in [6, 6.07) is 16.5. The molecule has 4 nitrogen and oxygen atoms in total. The van der Waals surface area contributed by atoms with Crippen molar-refractivity contribution in [1.82, 2.24) is 4.98 Å². The van der Waals surface area contributed by atoms with Crippen molar-refractivity contribution in [3.63, 3.8) is 0 Å². The zero-order chi connectivity index (χ0) is 17.6. The molecule has 6 heteroatoms. The summed E-state index contributed by atoms with van der Waals surface area (Å²) >= 11 is 6.16. The van der Waals surface area contributed by atoms with Crippen LogP contribution >= 0.6 is 11.6 Å². The average molecular weight is 351 g/mol. The Morgan fingerprint density at radius 3 is 2.76 bits per heavy atom. The van der Waals surface area contributed by atoms with Crippen molar-refractivity contribution in [2.24, 2.45) is 0 Å². The standard InChI is InChI=1S/C19H16BClN2O2/c20-14-7-8-18(25-12-13-4-1-2-6-17(13)21)16(10-14)19(24)23-15-5-3-9-22-11-15/h1-11H,12,20H2,(H,23,24). The third-order valence-corrected chi connectivity index (χ3v) is 4.01. The molecule has 1 amide bonds. The fourth-order valence-electron chi connectivity index (χ4n) is 2.35. The molecular formula is C19H16BClN2O2. The fraction of sp³-hybridized carbons (Fsp3) is 0.0526. The van der Waals surface area contributed by atoms with Gasteiger partial charge in [0.1, 0.15) is 20.2 Å². The lowest BCUT2D eigenvalue weighted by Gasteiger charge is -2.13. The maximum Gasteiger partial charge on any atom is 0.259 e. The van der Waals surface area contributed by atoms with Crippen LogP contribution in [0.1, 0.15) is 15.9 Å². The fourth-order valence-corrected chi connectivity index (χ4v) is 2.54. The number of pyridine rings is 1. The van der Waals surface area contributed by atoms with Crippen LogP contribution in [-0.2, 0) is 6.61 Å². The van der Waals surface area contributed by atoms with Gasteiger partial charge >= 0.3 is 0 Å². The molecular weight excluding hydrogens is 334 g/mol. The molecule has 0 aliphatic carbocycles. The first-order valence-corrected chi connectivity index (χ1v) is 8.19. The lowest BCUT2D eigenvalue weighted by Crippen LogP contribution is -2.17. The number of benzene rings is 2. The molecule has 0 aliphatic heterocycles. The smallest absolute Gasteiger partial charge is 0.259 e. The summed E-state index contributed by atoms with van der Waals surface area (Å²) in [6.45, 7) is 0.288. The molecule has 0 spiro atoms. The molecule has 0 aliphatic rings. The molecule has 124 valence electrons. The number of carbonyl (C=O) groups excluding carboxylic acids is 1. The summed E-state index contributed by atoms with van der Waals surface area (Å²) in [5.41, 5.74) is 2.94. The van der Waals surface area contributed by atoms with E-state index in [-0.39, 0.29) is 12.5 Å². The van der Waals surface area contributed by atoms with Gasteiger partial charge in [-0.1, -0.05) is 47.4 Å². The van der Waals surface area contributed by atoms with Crippen molar-refractivity contribution in [1.29, 1.82) is 0 Å². The number of hydrogen-bond acceptors (Lipinski definition) is 3. The highest BCUT2D eigenvalue weighted by molar-refractivity contribution is 6.33. The van der Waals surface area contributed by atoms with Gasteiger partial charge in [-0.15, -0.1) is 0 Å². The summed E-state index contributed by atoms with van der Waals surface area (Å²) in [6.07, 6.45) is 3.25.